The van der Waals surface area contributed by atoms with Crippen LogP contribution in [-0.2, 0) is 0 Å². The number of carbonyl (C=O) groups excluding carboxylic acids is 1. The first-order valence-electron chi connectivity index (χ1n) is 5.46. The topological polar surface area (TPSA) is 34.4 Å². The van der Waals surface area contributed by atoms with Crippen molar-refractivity contribution in [1.29, 1.82) is 0 Å². The molecule has 3 aromatic rings. The SMILES string of the molecule is O=Cc1ccn2cc(-c3cccc(Br)c3)nc2c1. The maximum Gasteiger partial charge on any atom is 0.150 e. The van der Waals surface area contributed by atoms with Crippen molar-refractivity contribution < 1.29 is 4.79 Å². The van der Waals surface area contributed by atoms with Crippen LogP contribution in [0.4, 0.5) is 0 Å². The highest BCUT2D eigenvalue weighted by molar-refractivity contribution is 9.10. The first-order valence-corrected chi connectivity index (χ1v) is 6.25. The molecule has 0 saturated carbocycles. The van der Waals surface area contributed by atoms with Gasteiger partial charge in [-0.25, -0.2) is 4.98 Å². The molecule has 0 radical (unpaired) electrons. The van der Waals surface area contributed by atoms with Crippen LogP contribution in [0.1, 0.15) is 10.4 Å². The summed E-state index contributed by atoms with van der Waals surface area (Å²) in [5.74, 6) is 0. The predicted octanol–water partition coefficient (Wildman–Crippen LogP) is 3.58. The van der Waals surface area contributed by atoms with Crippen LogP contribution in [-0.4, -0.2) is 15.7 Å². The Balaban J connectivity index is 2.16. The monoisotopic (exact) mass is 300 g/mol. The summed E-state index contributed by atoms with van der Waals surface area (Å²) in [6.07, 6.45) is 4.62. The molecule has 0 saturated heterocycles. The third-order valence-electron chi connectivity index (χ3n) is 2.74. The van der Waals surface area contributed by atoms with Gasteiger partial charge in [-0.1, -0.05) is 28.1 Å². The average Bonchev–Trinajstić information content (AvgIpc) is 2.81. The lowest BCUT2D eigenvalue weighted by molar-refractivity contribution is 0.112. The van der Waals surface area contributed by atoms with Crippen LogP contribution in [0.5, 0.6) is 0 Å². The summed E-state index contributed by atoms with van der Waals surface area (Å²) in [6.45, 7) is 0. The molecule has 1 aromatic carbocycles. The van der Waals surface area contributed by atoms with Gasteiger partial charge in [0.25, 0.3) is 0 Å². The molecular formula is C14H9BrN2O. The quantitative estimate of drug-likeness (QED) is 0.678. The molecule has 0 aliphatic rings. The van der Waals surface area contributed by atoms with Gasteiger partial charge in [-0.15, -0.1) is 0 Å². The number of nitrogens with zero attached hydrogens (tertiary/aromatic N) is 2. The fourth-order valence-corrected chi connectivity index (χ4v) is 2.26. The molecule has 0 aliphatic heterocycles. The normalized spacial score (nSPS) is 10.7. The molecule has 2 aromatic heterocycles. The van der Waals surface area contributed by atoms with Gasteiger partial charge in [0, 0.05) is 28.0 Å². The van der Waals surface area contributed by atoms with Crippen LogP contribution < -0.4 is 0 Å². The molecule has 0 aliphatic carbocycles. The molecule has 18 heavy (non-hydrogen) atoms. The van der Waals surface area contributed by atoms with E-state index in [1.54, 1.807) is 12.1 Å². The molecule has 0 unspecified atom stereocenters. The van der Waals surface area contributed by atoms with Crippen LogP contribution in [0.25, 0.3) is 16.9 Å². The minimum Gasteiger partial charge on any atom is -0.306 e. The first-order chi connectivity index (χ1) is 8.76. The smallest absolute Gasteiger partial charge is 0.150 e. The van der Waals surface area contributed by atoms with E-state index in [0.29, 0.717) is 5.56 Å². The van der Waals surface area contributed by atoms with Crippen molar-refractivity contribution in [3.8, 4) is 11.3 Å². The number of carbonyl (C=O) groups is 1. The zero-order chi connectivity index (χ0) is 12.5. The molecule has 3 nitrogen and oxygen atoms in total. The number of hydrogen-bond acceptors (Lipinski definition) is 2. The molecule has 0 N–H and O–H groups in total. The van der Waals surface area contributed by atoms with Crippen LogP contribution in [0.2, 0.25) is 0 Å². The van der Waals surface area contributed by atoms with Crippen molar-refractivity contribution in [2.24, 2.45) is 0 Å². The minimum atomic E-state index is 0.633. The van der Waals surface area contributed by atoms with E-state index < -0.39 is 0 Å². The van der Waals surface area contributed by atoms with Gasteiger partial charge in [-0.3, -0.25) is 4.79 Å². The Kier molecular flexibility index (Phi) is 2.72. The maximum atomic E-state index is 10.7. The zero-order valence-electron chi connectivity index (χ0n) is 9.38. The van der Waals surface area contributed by atoms with E-state index in [4.69, 9.17) is 0 Å². The van der Waals surface area contributed by atoms with Crippen molar-refractivity contribution in [3.05, 3.63) is 58.8 Å². The fourth-order valence-electron chi connectivity index (χ4n) is 1.86. The maximum absolute atomic E-state index is 10.7. The van der Waals surface area contributed by atoms with E-state index in [1.165, 1.54) is 0 Å². The molecule has 0 bridgehead atoms. The molecule has 2 heterocycles. The molecule has 88 valence electrons. The molecule has 0 spiro atoms. The molecule has 3 rings (SSSR count). The van der Waals surface area contributed by atoms with Crippen LogP contribution in [0.3, 0.4) is 0 Å². The minimum absolute atomic E-state index is 0.633. The Bertz CT molecular complexity index is 733. The van der Waals surface area contributed by atoms with Gasteiger partial charge < -0.3 is 4.40 Å². The number of aldehydes is 1. The van der Waals surface area contributed by atoms with Crippen molar-refractivity contribution in [2.45, 2.75) is 0 Å². The highest BCUT2D eigenvalue weighted by Gasteiger charge is 2.05. The van der Waals surface area contributed by atoms with Gasteiger partial charge >= 0.3 is 0 Å². The third-order valence-corrected chi connectivity index (χ3v) is 3.23. The van der Waals surface area contributed by atoms with Gasteiger partial charge in [0.15, 0.2) is 0 Å². The van der Waals surface area contributed by atoms with Gasteiger partial charge in [0.2, 0.25) is 0 Å². The number of rotatable bonds is 2. The molecule has 4 heteroatoms. The van der Waals surface area contributed by atoms with E-state index in [-0.39, 0.29) is 0 Å². The van der Waals surface area contributed by atoms with Crippen molar-refractivity contribution in [1.82, 2.24) is 9.38 Å². The van der Waals surface area contributed by atoms with Gasteiger partial charge in [-0.2, -0.15) is 0 Å². The summed E-state index contributed by atoms with van der Waals surface area (Å²) in [5, 5.41) is 0. The lowest BCUT2D eigenvalue weighted by Gasteiger charge is -1.95. The summed E-state index contributed by atoms with van der Waals surface area (Å²) in [7, 11) is 0. The molecule has 0 fully saturated rings. The Hall–Kier alpha value is -1.94. The lowest BCUT2D eigenvalue weighted by atomic mass is 10.2. The Morgan fingerprint density at radius 2 is 2.11 bits per heavy atom. The summed E-state index contributed by atoms with van der Waals surface area (Å²) < 4.78 is 2.93. The summed E-state index contributed by atoms with van der Waals surface area (Å²) in [6, 6.07) is 11.5. The largest absolute Gasteiger partial charge is 0.306 e. The van der Waals surface area contributed by atoms with Crippen molar-refractivity contribution in [2.75, 3.05) is 0 Å². The summed E-state index contributed by atoms with van der Waals surface area (Å²) in [5.41, 5.74) is 3.34. The van der Waals surface area contributed by atoms with Crippen LogP contribution in [0.15, 0.2) is 53.3 Å². The van der Waals surface area contributed by atoms with Crippen molar-refractivity contribution >= 4 is 27.9 Å². The second kappa shape index (κ2) is 4.38. The Labute approximate surface area is 112 Å². The average molecular weight is 301 g/mol. The summed E-state index contributed by atoms with van der Waals surface area (Å²) in [4.78, 5) is 15.2. The molecular weight excluding hydrogens is 292 g/mol. The highest BCUT2D eigenvalue weighted by Crippen LogP contribution is 2.22. The van der Waals surface area contributed by atoms with Gasteiger partial charge in [0.1, 0.15) is 11.9 Å². The number of pyridine rings is 1. The fraction of sp³-hybridized carbons (Fsp3) is 0. The number of imidazole rings is 1. The molecule has 0 amide bonds. The summed E-state index contributed by atoms with van der Waals surface area (Å²) >= 11 is 3.45. The number of benzene rings is 1. The standard InChI is InChI=1S/C14H9BrN2O/c15-12-3-1-2-11(7-12)13-8-17-5-4-10(9-18)6-14(17)16-13/h1-9H. The number of aromatic nitrogens is 2. The van der Waals surface area contributed by atoms with E-state index in [1.807, 2.05) is 41.1 Å². The number of fused-ring (bicyclic) bond motifs is 1. The van der Waals surface area contributed by atoms with Gasteiger partial charge in [-0.05, 0) is 24.3 Å². The third kappa shape index (κ3) is 1.95. The van der Waals surface area contributed by atoms with E-state index in [0.717, 1.165) is 27.7 Å². The lowest BCUT2D eigenvalue weighted by Crippen LogP contribution is -1.85. The first kappa shape index (κ1) is 11.2. The van der Waals surface area contributed by atoms with Crippen LogP contribution >= 0.6 is 15.9 Å². The number of halogens is 1. The predicted molar refractivity (Wildman–Crippen MR) is 73.7 cm³/mol. The Morgan fingerprint density at radius 1 is 1.22 bits per heavy atom. The van der Waals surface area contributed by atoms with Gasteiger partial charge in [0.05, 0.1) is 5.69 Å². The highest BCUT2D eigenvalue weighted by atomic mass is 79.9. The Morgan fingerprint density at radius 3 is 2.89 bits per heavy atom. The van der Waals surface area contributed by atoms with E-state index in [2.05, 4.69) is 20.9 Å². The van der Waals surface area contributed by atoms with Crippen molar-refractivity contribution in [3.63, 3.8) is 0 Å². The number of hydrogen-bond donors (Lipinski definition) is 0. The molecule has 0 atom stereocenters. The van der Waals surface area contributed by atoms with E-state index >= 15 is 0 Å². The van der Waals surface area contributed by atoms with E-state index in [9.17, 15) is 4.79 Å². The zero-order valence-corrected chi connectivity index (χ0v) is 11.0. The second-order valence-electron chi connectivity index (χ2n) is 3.98. The second-order valence-corrected chi connectivity index (χ2v) is 4.90. The van der Waals surface area contributed by atoms with Crippen LogP contribution in [0, 0.1) is 0 Å².